The van der Waals surface area contributed by atoms with Gasteiger partial charge in [0.1, 0.15) is 23.3 Å². The van der Waals surface area contributed by atoms with E-state index in [1.165, 1.54) is 12.1 Å². The monoisotopic (exact) mass is 278 g/mol. The molecule has 0 unspecified atom stereocenters. The zero-order valence-corrected chi connectivity index (χ0v) is 11.4. The molecule has 6 heteroatoms. The number of anilines is 1. The minimum absolute atomic E-state index is 0.244. The standard InChI is InChI=1S/C14H16F2N4/c1-3-12-8(2)18-13(19-14(12)20-17)6-9-4-10(15)7-11(16)5-9/h4-5,7H,3,6,17H2,1-2H3,(H,18,19,20). The molecular weight excluding hydrogens is 262 g/mol. The van der Waals surface area contributed by atoms with Gasteiger partial charge in [0.2, 0.25) is 0 Å². The minimum atomic E-state index is -0.612. The van der Waals surface area contributed by atoms with Crippen LogP contribution in [0.5, 0.6) is 0 Å². The first kappa shape index (κ1) is 14.3. The van der Waals surface area contributed by atoms with Crippen molar-refractivity contribution in [3.63, 3.8) is 0 Å². The zero-order valence-electron chi connectivity index (χ0n) is 11.4. The number of rotatable bonds is 4. The third kappa shape index (κ3) is 3.08. The lowest BCUT2D eigenvalue weighted by atomic mass is 10.1. The molecule has 2 aromatic rings. The zero-order chi connectivity index (χ0) is 14.7. The summed E-state index contributed by atoms with van der Waals surface area (Å²) in [4.78, 5) is 8.64. The van der Waals surface area contributed by atoms with Crippen molar-refractivity contribution < 1.29 is 8.78 Å². The van der Waals surface area contributed by atoms with Crippen LogP contribution in [-0.4, -0.2) is 9.97 Å². The SMILES string of the molecule is CCc1c(C)nc(Cc2cc(F)cc(F)c2)nc1NN. The second-order valence-electron chi connectivity index (χ2n) is 4.50. The maximum atomic E-state index is 13.2. The summed E-state index contributed by atoms with van der Waals surface area (Å²) in [5, 5.41) is 0. The summed E-state index contributed by atoms with van der Waals surface area (Å²) in [6.07, 6.45) is 0.994. The molecule has 0 aliphatic carbocycles. The van der Waals surface area contributed by atoms with E-state index in [-0.39, 0.29) is 6.42 Å². The van der Waals surface area contributed by atoms with Gasteiger partial charge in [-0.05, 0) is 31.0 Å². The van der Waals surface area contributed by atoms with Crippen LogP contribution in [0.1, 0.15) is 29.6 Å². The number of aromatic nitrogens is 2. The second kappa shape index (κ2) is 5.92. The number of nitrogens with one attached hydrogen (secondary N) is 1. The first-order valence-corrected chi connectivity index (χ1v) is 6.31. The molecule has 0 saturated carbocycles. The van der Waals surface area contributed by atoms with Gasteiger partial charge in [-0.2, -0.15) is 0 Å². The molecule has 0 bridgehead atoms. The summed E-state index contributed by atoms with van der Waals surface area (Å²) in [7, 11) is 0. The molecule has 0 aliphatic heterocycles. The van der Waals surface area contributed by atoms with Crippen molar-refractivity contribution >= 4 is 5.82 Å². The van der Waals surface area contributed by atoms with Gasteiger partial charge in [0.25, 0.3) is 0 Å². The highest BCUT2D eigenvalue weighted by Crippen LogP contribution is 2.18. The number of nitrogens with two attached hydrogens (primary N) is 1. The van der Waals surface area contributed by atoms with Gasteiger partial charge >= 0.3 is 0 Å². The van der Waals surface area contributed by atoms with Crippen LogP contribution in [0.4, 0.5) is 14.6 Å². The summed E-state index contributed by atoms with van der Waals surface area (Å²) in [6, 6.07) is 3.37. The molecule has 1 aromatic carbocycles. The Morgan fingerprint density at radius 2 is 1.80 bits per heavy atom. The predicted molar refractivity (Wildman–Crippen MR) is 73.1 cm³/mol. The van der Waals surface area contributed by atoms with Crippen LogP contribution in [0.25, 0.3) is 0 Å². The molecule has 106 valence electrons. The Morgan fingerprint density at radius 3 is 2.35 bits per heavy atom. The van der Waals surface area contributed by atoms with Gasteiger partial charge in [-0.25, -0.2) is 24.6 Å². The van der Waals surface area contributed by atoms with Crippen LogP contribution in [0.3, 0.4) is 0 Å². The van der Waals surface area contributed by atoms with Crippen LogP contribution < -0.4 is 11.3 Å². The molecule has 3 N–H and O–H groups in total. The molecule has 0 saturated heterocycles. The molecule has 1 heterocycles. The molecule has 0 atom stereocenters. The Labute approximate surface area is 116 Å². The molecule has 2 rings (SSSR count). The van der Waals surface area contributed by atoms with E-state index in [2.05, 4.69) is 15.4 Å². The third-order valence-electron chi connectivity index (χ3n) is 3.04. The fourth-order valence-electron chi connectivity index (χ4n) is 2.17. The molecule has 0 aliphatic rings. The smallest absolute Gasteiger partial charge is 0.147 e. The van der Waals surface area contributed by atoms with Crippen LogP contribution in [0.15, 0.2) is 18.2 Å². The topological polar surface area (TPSA) is 63.8 Å². The van der Waals surface area contributed by atoms with Crippen LogP contribution in [0, 0.1) is 18.6 Å². The summed E-state index contributed by atoms with van der Waals surface area (Å²) < 4.78 is 26.3. The van der Waals surface area contributed by atoms with Crippen LogP contribution >= 0.6 is 0 Å². The third-order valence-corrected chi connectivity index (χ3v) is 3.04. The lowest BCUT2D eigenvalue weighted by molar-refractivity contribution is 0.580. The van der Waals surface area contributed by atoms with Crippen molar-refractivity contribution in [2.45, 2.75) is 26.7 Å². The van der Waals surface area contributed by atoms with Gasteiger partial charge in [-0.15, -0.1) is 0 Å². The Hall–Kier alpha value is -2.08. The number of aryl methyl sites for hydroxylation is 1. The Morgan fingerprint density at radius 1 is 1.15 bits per heavy atom. The number of hydrogen-bond donors (Lipinski definition) is 2. The molecule has 0 spiro atoms. The van der Waals surface area contributed by atoms with E-state index in [4.69, 9.17) is 5.84 Å². The summed E-state index contributed by atoms with van der Waals surface area (Å²) in [6.45, 7) is 3.84. The van der Waals surface area contributed by atoms with Gasteiger partial charge < -0.3 is 5.43 Å². The quantitative estimate of drug-likeness (QED) is 0.666. The average Bonchev–Trinajstić information content (AvgIpc) is 2.36. The van der Waals surface area contributed by atoms with E-state index in [9.17, 15) is 8.78 Å². The Balaban J connectivity index is 2.36. The van der Waals surface area contributed by atoms with Crippen molar-refractivity contribution in [1.82, 2.24) is 9.97 Å². The Bertz CT molecular complexity index is 609. The van der Waals surface area contributed by atoms with E-state index in [0.29, 0.717) is 17.2 Å². The van der Waals surface area contributed by atoms with Crippen molar-refractivity contribution in [3.05, 3.63) is 52.5 Å². The van der Waals surface area contributed by atoms with Crippen molar-refractivity contribution in [1.29, 1.82) is 0 Å². The van der Waals surface area contributed by atoms with Gasteiger partial charge in [0.15, 0.2) is 0 Å². The van der Waals surface area contributed by atoms with Gasteiger partial charge in [-0.1, -0.05) is 6.92 Å². The fourth-order valence-corrected chi connectivity index (χ4v) is 2.17. The molecule has 0 amide bonds. The number of halogens is 2. The fraction of sp³-hybridized carbons (Fsp3) is 0.286. The van der Waals surface area contributed by atoms with Gasteiger partial charge in [-0.3, -0.25) is 0 Å². The largest absolute Gasteiger partial charge is 0.308 e. The summed E-state index contributed by atoms with van der Waals surface area (Å²) >= 11 is 0. The number of nitrogen functional groups attached to an aromatic ring is 1. The average molecular weight is 278 g/mol. The van der Waals surface area contributed by atoms with Crippen molar-refractivity contribution in [3.8, 4) is 0 Å². The molecule has 0 fully saturated rings. The second-order valence-corrected chi connectivity index (χ2v) is 4.50. The highest BCUT2D eigenvalue weighted by molar-refractivity contribution is 5.45. The maximum Gasteiger partial charge on any atom is 0.147 e. The number of benzene rings is 1. The molecule has 0 radical (unpaired) electrons. The molecule has 1 aromatic heterocycles. The van der Waals surface area contributed by atoms with Crippen molar-refractivity contribution in [2.75, 3.05) is 5.43 Å². The summed E-state index contributed by atoms with van der Waals surface area (Å²) in [5.41, 5.74) is 4.76. The Kier molecular flexibility index (Phi) is 4.24. The predicted octanol–water partition coefficient (Wildman–Crippen LogP) is 2.50. The normalized spacial score (nSPS) is 10.7. The first-order valence-electron chi connectivity index (χ1n) is 6.31. The minimum Gasteiger partial charge on any atom is -0.308 e. The molecule has 20 heavy (non-hydrogen) atoms. The van der Waals surface area contributed by atoms with E-state index in [1.54, 1.807) is 0 Å². The summed E-state index contributed by atoms with van der Waals surface area (Å²) in [5.74, 6) is 5.24. The van der Waals surface area contributed by atoms with E-state index < -0.39 is 11.6 Å². The highest BCUT2D eigenvalue weighted by Gasteiger charge is 2.10. The lowest BCUT2D eigenvalue weighted by Gasteiger charge is -2.11. The van der Waals surface area contributed by atoms with E-state index in [1.807, 2.05) is 13.8 Å². The van der Waals surface area contributed by atoms with Crippen LogP contribution in [0.2, 0.25) is 0 Å². The molecule has 4 nitrogen and oxygen atoms in total. The van der Waals surface area contributed by atoms with E-state index >= 15 is 0 Å². The lowest BCUT2D eigenvalue weighted by Crippen LogP contribution is -2.14. The van der Waals surface area contributed by atoms with Crippen molar-refractivity contribution in [2.24, 2.45) is 5.84 Å². The number of nitrogens with zero attached hydrogens (tertiary/aromatic N) is 2. The van der Waals surface area contributed by atoms with Crippen LogP contribution in [-0.2, 0) is 12.8 Å². The maximum absolute atomic E-state index is 13.2. The van der Waals surface area contributed by atoms with E-state index in [0.717, 1.165) is 23.7 Å². The van der Waals surface area contributed by atoms with Gasteiger partial charge in [0, 0.05) is 23.7 Å². The first-order chi connectivity index (χ1) is 9.53. The van der Waals surface area contributed by atoms with Gasteiger partial charge in [0.05, 0.1) is 0 Å². The highest BCUT2D eigenvalue weighted by atomic mass is 19.1. The number of hydrogen-bond acceptors (Lipinski definition) is 4. The number of hydrazine groups is 1. The molecular formula is C14H16F2N4.